The van der Waals surface area contributed by atoms with Gasteiger partial charge in [-0.2, -0.15) is 0 Å². The molecule has 0 N–H and O–H groups in total. The Balaban J connectivity index is 2.77. The van der Waals surface area contributed by atoms with Gasteiger partial charge in [0.15, 0.2) is 0 Å². The predicted molar refractivity (Wildman–Crippen MR) is 57.8 cm³/mol. The van der Waals surface area contributed by atoms with E-state index in [1.165, 1.54) is 13.6 Å². The van der Waals surface area contributed by atoms with Gasteiger partial charge in [0.25, 0.3) is 0 Å². The summed E-state index contributed by atoms with van der Waals surface area (Å²) in [5.41, 5.74) is 0. The molecule has 1 heterocycles. The summed E-state index contributed by atoms with van der Waals surface area (Å²) < 4.78 is 2.71. The minimum Gasteiger partial charge on any atom is -0.133 e. The Morgan fingerprint density at radius 2 is 2.27 bits per heavy atom. The first-order valence-corrected chi connectivity index (χ1v) is 6.28. The largest absolute Gasteiger partial charge is 0.133 e. The summed E-state index contributed by atoms with van der Waals surface area (Å²) in [7, 11) is 0. The molecule has 0 unspecified atom stereocenters. The molecule has 0 aliphatic heterocycles. The molecule has 0 aromatic carbocycles. The molecular formula is C8H11BrS2. The average molecular weight is 251 g/mol. The fourth-order valence-corrected chi connectivity index (χ4v) is 3.99. The SMILES string of the molecule is CCSc1cc(Br)c(CC)s1. The van der Waals surface area contributed by atoms with Gasteiger partial charge in [0, 0.05) is 9.35 Å². The van der Waals surface area contributed by atoms with Crippen molar-refractivity contribution in [1.82, 2.24) is 0 Å². The molecule has 0 aliphatic rings. The van der Waals surface area contributed by atoms with Crippen LogP contribution in [0.1, 0.15) is 18.7 Å². The number of rotatable bonds is 3. The lowest BCUT2D eigenvalue weighted by atomic mass is 10.4. The Bertz CT molecular complexity index is 230. The number of aryl methyl sites for hydroxylation is 1. The maximum absolute atomic E-state index is 3.54. The van der Waals surface area contributed by atoms with Crippen LogP contribution in [0.3, 0.4) is 0 Å². The summed E-state index contributed by atoms with van der Waals surface area (Å²) >= 11 is 7.36. The van der Waals surface area contributed by atoms with Gasteiger partial charge < -0.3 is 0 Å². The summed E-state index contributed by atoms with van der Waals surface area (Å²) in [6.07, 6.45) is 1.13. The van der Waals surface area contributed by atoms with E-state index in [1.807, 2.05) is 23.1 Å². The van der Waals surface area contributed by atoms with Gasteiger partial charge in [0.1, 0.15) is 0 Å². The highest BCUT2D eigenvalue weighted by Crippen LogP contribution is 2.34. The van der Waals surface area contributed by atoms with Crippen molar-refractivity contribution >= 4 is 39.0 Å². The van der Waals surface area contributed by atoms with E-state index >= 15 is 0 Å². The molecule has 0 aliphatic carbocycles. The summed E-state index contributed by atoms with van der Waals surface area (Å²) in [4.78, 5) is 1.46. The maximum atomic E-state index is 3.54. The first-order valence-electron chi connectivity index (χ1n) is 3.69. The second-order valence-corrected chi connectivity index (χ2v) is 5.68. The lowest BCUT2D eigenvalue weighted by Crippen LogP contribution is -1.68. The molecule has 0 bridgehead atoms. The molecule has 0 saturated heterocycles. The van der Waals surface area contributed by atoms with Crippen molar-refractivity contribution in [3.05, 3.63) is 15.4 Å². The number of halogens is 1. The van der Waals surface area contributed by atoms with E-state index in [4.69, 9.17) is 0 Å². The van der Waals surface area contributed by atoms with Gasteiger partial charge in [-0.05, 0) is 34.2 Å². The summed E-state index contributed by atoms with van der Waals surface area (Å²) in [6, 6.07) is 2.22. The summed E-state index contributed by atoms with van der Waals surface area (Å²) in [6.45, 7) is 4.38. The van der Waals surface area contributed by atoms with E-state index in [2.05, 4.69) is 35.8 Å². The highest BCUT2D eigenvalue weighted by molar-refractivity contribution is 9.10. The van der Waals surface area contributed by atoms with E-state index in [-0.39, 0.29) is 0 Å². The van der Waals surface area contributed by atoms with E-state index in [0.717, 1.165) is 12.2 Å². The van der Waals surface area contributed by atoms with Gasteiger partial charge in [0.2, 0.25) is 0 Å². The highest BCUT2D eigenvalue weighted by atomic mass is 79.9. The van der Waals surface area contributed by atoms with Crippen LogP contribution >= 0.6 is 39.0 Å². The van der Waals surface area contributed by atoms with Crippen molar-refractivity contribution in [1.29, 1.82) is 0 Å². The minimum atomic E-state index is 1.13. The van der Waals surface area contributed by atoms with Crippen molar-refractivity contribution in [2.75, 3.05) is 5.75 Å². The first-order chi connectivity index (χ1) is 5.27. The molecule has 62 valence electrons. The number of thioether (sulfide) groups is 1. The van der Waals surface area contributed by atoms with Gasteiger partial charge in [-0.15, -0.1) is 23.1 Å². The predicted octanol–water partition coefficient (Wildman–Crippen LogP) is 4.19. The van der Waals surface area contributed by atoms with Gasteiger partial charge in [-0.1, -0.05) is 13.8 Å². The molecule has 1 aromatic heterocycles. The molecule has 0 radical (unpaired) electrons. The Morgan fingerprint density at radius 3 is 2.73 bits per heavy atom. The molecule has 0 atom stereocenters. The monoisotopic (exact) mass is 250 g/mol. The average Bonchev–Trinajstić information content (AvgIpc) is 2.32. The Morgan fingerprint density at radius 1 is 1.55 bits per heavy atom. The normalized spacial score (nSPS) is 10.5. The van der Waals surface area contributed by atoms with Crippen LogP contribution in [0.5, 0.6) is 0 Å². The molecule has 0 amide bonds. The lowest BCUT2D eigenvalue weighted by Gasteiger charge is -1.88. The van der Waals surface area contributed by atoms with Crippen molar-refractivity contribution in [2.24, 2.45) is 0 Å². The van der Waals surface area contributed by atoms with E-state index in [1.54, 1.807) is 0 Å². The lowest BCUT2D eigenvalue weighted by molar-refractivity contribution is 1.18. The van der Waals surface area contributed by atoms with E-state index in [9.17, 15) is 0 Å². The molecule has 0 fully saturated rings. The standard InChI is InChI=1S/C8H11BrS2/c1-3-7-6(9)5-8(11-7)10-4-2/h5H,3-4H2,1-2H3. The maximum Gasteiger partial charge on any atom is 0.0613 e. The zero-order valence-corrected chi connectivity index (χ0v) is 9.91. The van der Waals surface area contributed by atoms with Crippen LogP contribution < -0.4 is 0 Å². The third kappa shape index (κ3) is 2.49. The minimum absolute atomic E-state index is 1.13. The fraction of sp³-hybridized carbons (Fsp3) is 0.500. The van der Waals surface area contributed by atoms with Crippen LogP contribution in [0.15, 0.2) is 14.7 Å². The van der Waals surface area contributed by atoms with Gasteiger partial charge in [-0.25, -0.2) is 0 Å². The van der Waals surface area contributed by atoms with Crippen LogP contribution in [-0.2, 0) is 6.42 Å². The van der Waals surface area contributed by atoms with Crippen LogP contribution in [0.25, 0.3) is 0 Å². The van der Waals surface area contributed by atoms with Crippen molar-refractivity contribution in [3.8, 4) is 0 Å². The van der Waals surface area contributed by atoms with Gasteiger partial charge in [-0.3, -0.25) is 0 Å². The van der Waals surface area contributed by atoms with E-state index in [0.29, 0.717) is 0 Å². The Kier molecular flexibility index (Phi) is 3.96. The number of thiophene rings is 1. The van der Waals surface area contributed by atoms with Crippen LogP contribution in [0.4, 0.5) is 0 Å². The molecule has 3 heteroatoms. The first kappa shape index (κ1) is 9.62. The van der Waals surface area contributed by atoms with Crippen molar-refractivity contribution in [2.45, 2.75) is 24.5 Å². The molecule has 0 spiro atoms. The van der Waals surface area contributed by atoms with Gasteiger partial charge in [0.05, 0.1) is 4.21 Å². The zero-order valence-electron chi connectivity index (χ0n) is 6.69. The Hall–Kier alpha value is 0.530. The van der Waals surface area contributed by atoms with Gasteiger partial charge >= 0.3 is 0 Å². The second-order valence-electron chi connectivity index (χ2n) is 2.12. The smallest absolute Gasteiger partial charge is 0.0613 e. The van der Waals surface area contributed by atoms with Crippen LogP contribution in [-0.4, -0.2) is 5.75 Å². The third-order valence-electron chi connectivity index (χ3n) is 1.34. The topological polar surface area (TPSA) is 0 Å². The Labute approximate surface area is 84.5 Å². The second kappa shape index (κ2) is 4.53. The molecule has 11 heavy (non-hydrogen) atoms. The zero-order chi connectivity index (χ0) is 8.27. The van der Waals surface area contributed by atoms with Crippen molar-refractivity contribution < 1.29 is 0 Å². The fourth-order valence-electron chi connectivity index (χ4n) is 0.838. The molecule has 0 nitrogen and oxygen atoms in total. The number of hydrogen-bond acceptors (Lipinski definition) is 2. The molecule has 1 rings (SSSR count). The highest BCUT2D eigenvalue weighted by Gasteiger charge is 2.03. The van der Waals surface area contributed by atoms with Crippen LogP contribution in [0.2, 0.25) is 0 Å². The van der Waals surface area contributed by atoms with Crippen LogP contribution in [0, 0.1) is 0 Å². The quantitative estimate of drug-likeness (QED) is 0.726. The summed E-state index contributed by atoms with van der Waals surface area (Å²) in [5, 5.41) is 0. The van der Waals surface area contributed by atoms with Crippen molar-refractivity contribution in [3.63, 3.8) is 0 Å². The third-order valence-corrected chi connectivity index (χ3v) is 4.68. The molecule has 1 aromatic rings. The molecular weight excluding hydrogens is 240 g/mol. The van der Waals surface area contributed by atoms with E-state index < -0.39 is 0 Å². The molecule has 0 saturated carbocycles. The summed E-state index contributed by atoms with van der Waals surface area (Å²) in [5.74, 6) is 1.16. The number of hydrogen-bond donors (Lipinski definition) is 0.